The van der Waals surface area contributed by atoms with Crippen LogP contribution >= 0.6 is 0 Å². The minimum Gasteiger partial charge on any atom is -0.320 e. The lowest BCUT2D eigenvalue weighted by Crippen LogP contribution is -2.09. The third-order valence-corrected chi connectivity index (χ3v) is 3.24. The van der Waals surface area contributed by atoms with Crippen molar-refractivity contribution in [3.05, 3.63) is 46.2 Å². The molecule has 0 aliphatic rings. The monoisotopic (exact) mass is 279 g/mol. The number of nitrogens with zero attached hydrogens (tertiary/aromatic N) is 4. The van der Waals surface area contributed by atoms with Crippen molar-refractivity contribution >= 4 is 11.0 Å². The fourth-order valence-electron chi connectivity index (χ4n) is 2.34. The van der Waals surface area contributed by atoms with Crippen LogP contribution in [0.15, 0.2) is 35.1 Å². The van der Waals surface area contributed by atoms with Gasteiger partial charge in [-0.2, -0.15) is 10.4 Å². The van der Waals surface area contributed by atoms with Crippen LogP contribution in [0.1, 0.15) is 25.5 Å². The van der Waals surface area contributed by atoms with Crippen LogP contribution in [0.3, 0.4) is 0 Å². The molecule has 0 aliphatic heterocycles. The Hall–Kier alpha value is -2.94. The molecule has 0 spiro atoms. The number of rotatable bonds is 2. The Morgan fingerprint density at radius 3 is 2.71 bits per heavy atom. The van der Waals surface area contributed by atoms with Gasteiger partial charge in [-0.3, -0.25) is 4.79 Å². The third kappa shape index (κ3) is 2.19. The number of H-pyrrole nitrogens is 1. The molecular formula is C15H13N5O. The maximum absolute atomic E-state index is 11.1. The highest BCUT2D eigenvalue weighted by atomic mass is 16.1. The first-order valence-corrected chi connectivity index (χ1v) is 6.58. The molecule has 0 unspecified atom stereocenters. The number of benzene rings is 1. The number of nitriles is 1. The molecule has 21 heavy (non-hydrogen) atoms. The standard InChI is InChI=1S/C15H13N5O/c1-9(2)20-13-5-3-10(8-16)7-12(13)17-15(20)11-4-6-14(21)19-18-11/h3-7,9H,1-2H3,(H,19,21). The molecule has 3 rings (SSSR count). The Labute approximate surface area is 120 Å². The molecule has 0 bridgehead atoms. The fourth-order valence-corrected chi connectivity index (χ4v) is 2.34. The van der Waals surface area contributed by atoms with E-state index in [1.807, 2.05) is 10.6 Å². The summed E-state index contributed by atoms with van der Waals surface area (Å²) in [6.45, 7) is 4.10. The summed E-state index contributed by atoms with van der Waals surface area (Å²) in [5, 5.41) is 15.5. The zero-order chi connectivity index (χ0) is 15.0. The van der Waals surface area contributed by atoms with Crippen LogP contribution in [0.4, 0.5) is 0 Å². The zero-order valence-corrected chi connectivity index (χ0v) is 11.7. The Balaban J connectivity index is 2.31. The highest BCUT2D eigenvalue weighted by molar-refractivity contribution is 5.81. The maximum Gasteiger partial charge on any atom is 0.264 e. The Kier molecular flexibility index (Phi) is 3.03. The van der Waals surface area contributed by atoms with Crippen LogP contribution in [0, 0.1) is 11.3 Å². The van der Waals surface area contributed by atoms with Gasteiger partial charge in [0, 0.05) is 12.1 Å². The molecule has 6 nitrogen and oxygen atoms in total. The van der Waals surface area contributed by atoms with Crippen LogP contribution in [0.2, 0.25) is 0 Å². The van der Waals surface area contributed by atoms with E-state index in [1.54, 1.807) is 18.2 Å². The lowest BCUT2D eigenvalue weighted by atomic mass is 10.2. The SMILES string of the molecule is CC(C)n1c(-c2ccc(=O)[nH]n2)nc2cc(C#N)ccc21. The highest BCUT2D eigenvalue weighted by Gasteiger charge is 2.16. The number of nitrogens with one attached hydrogen (secondary N) is 1. The van der Waals surface area contributed by atoms with Crippen LogP contribution < -0.4 is 5.56 Å². The second kappa shape index (κ2) is 4.87. The van der Waals surface area contributed by atoms with Gasteiger partial charge in [-0.15, -0.1) is 0 Å². The first kappa shape index (κ1) is 13.1. The first-order valence-electron chi connectivity index (χ1n) is 6.58. The van der Waals surface area contributed by atoms with E-state index in [2.05, 4.69) is 35.1 Å². The van der Waals surface area contributed by atoms with Gasteiger partial charge in [-0.05, 0) is 38.1 Å². The van der Waals surface area contributed by atoms with E-state index in [9.17, 15) is 4.79 Å². The van der Waals surface area contributed by atoms with Crippen molar-refractivity contribution in [3.63, 3.8) is 0 Å². The van der Waals surface area contributed by atoms with E-state index < -0.39 is 0 Å². The van der Waals surface area contributed by atoms with E-state index in [1.165, 1.54) is 6.07 Å². The summed E-state index contributed by atoms with van der Waals surface area (Å²) in [6, 6.07) is 10.8. The van der Waals surface area contributed by atoms with Gasteiger partial charge in [0.25, 0.3) is 5.56 Å². The van der Waals surface area contributed by atoms with Crippen LogP contribution in [-0.2, 0) is 0 Å². The normalized spacial score (nSPS) is 11.0. The third-order valence-electron chi connectivity index (χ3n) is 3.24. The van der Waals surface area contributed by atoms with Gasteiger partial charge in [0.15, 0.2) is 5.82 Å². The molecule has 104 valence electrons. The lowest BCUT2D eigenvalue weighted by molar-refractivity contribution is 0.622. The summed E-state index contributed by atoms with van der Waals surface area (Å²) in [5.74, 6) is 0.673. The van der Waals surface area contributed by atoms with Crippen molar-refractivity contribution in [2.45, 2.75) is 19.9 Å². The number of imidazole rings is 1. The summed E-state index contributed by atoms with van der Waals surface area (Å²) in [6.07, 6.45) is 0. The first-order chi connectivity index (χ1) is 10.1. The van der Waals surface area contributed by atoms with Crippen molar-refractivity contribution in [1.82, 2.24) is 19.7 Å². The summed E-state index contributed by atoms with van der Waals surface area (Å²) in [5.41, 5.74) is 2.59. The van der Waals surface area contributed by atoms with Crippen LogP contribution in [-0.4, -0.2) is 19.7 Å². The Morgan fingerprint density at radius 1 is 1.29 bits per heavy atom. The topological polar surface area (TPSA) is 87.4 Å². The highest BCUT2D eigenvalue weighted by Crippen LogP contribution is 2.27. The summed E-state index contributed by atoms with van der Waals surface area (Å²) in [4.78, 5) is 15.7. The minimum atomic E-state index is -0.252. The van der Waals surface area contributed by atoms with E-state index in [0.717, 1.165) is 11.0 Å². The van der Waals surface area contributed by atoms with E-state index in [4.69, 9.17) is 5.26 Å². The van der Waals surface area contributed by atoms with Gasteiger partial charge < -0.3 is 4.57 Å². The predicted octanol–water partition coefficient (Wildman–Crippen LogP) is 2.24. The maximum atomic E-state index is 11.1. The van der Waals surface area contributed by atoms with Gasteiger partial charge in [0.05, 0.1) is 22.7 Å². The van der Waals surface area contributed by atoms with Gasteiger partial charge in [0.2, 0.25) is 0 Å². The molecule has 0 radical (unpaired) electrons. The molecule has 3 aromatic rings. The molecule has 0 saturated carbocycles. The van der Waals surface area contributed by atoms with Crippen molar-refractivity contribution < 1.29 is 0 Å². The number of hydrogen-bond donors (Lipinski definition) is 1. The molecule has 1 aromatic carbocycles. The lowest BCUT2D eigenvalue weighted by Gasteiger charge is -2.12. The summed E-state index contributed by atoms with van der Waals surface area (Å²) in [7, 11) is 0. The Morgan fingerprint density at radius 2 is 2.10 bits per heavy atom. The van der Waals surface area contributed by atoms with Crippen LogP contribution in [0.5, 0.6) is 0 Å². The molecule has 0 aliphatic carbocycles. The molecule has 0 saturated heterocycles. The molecule has 2 heterocycles. The second-order valence-corrected chi connectivity index (χ2v) is 5.02. The fraction of sp³-hybridized carbons (Fsp3) is 0.200. The Bertz CT molecular complexity index is 893. The molecule has 1 N–H and O–H groups in total. The van der Waals surface area contributed by atoms with Crippen molar-refractivity contribution in [2.24, 2.45) is 0 Å². The van der Waals surface area contributed by atoms with Crippen molar-refractivity contribution in [1.29, 1.82) is 5.26 Å². The quantitative estimate of drug-likeness (QED) is 0.779. The molecule has 0 fully saturated rings. The van der Waals surface area contributed by atoms with Crippen molar-refractivity contribution in [2.75, 3.05) is 0 Å². The number of fused-ring (bicyclic) bond motifs is 1. The van der Waals surface area contributed by atoms with Gasteiger partial charge in [0.1, 0.15) is 5.69 Å². The molecule has 2 aromatic heterocycles. The van der Waals surface area contributed by atoms with Gasteiger partial charge in [-0.25, -0.2) is 10.1 Å². The molecule has 0 atom stereocenters. The molecule has 0 amide bonds. The summed E-state index contributed by atoms with van der Waals surface area (Å²) < 4.78 is 2.04. The zero-order valence-electron chi connectivity index (χ0n) is 11.7. The average Bonchev–Trinajstić information content (AvgIpc) is 2.86. The number of aromatic amines is 1. The van der Waals surface area contributed by atoms with E-state index in [-0.39, 0.29) is 11.6 Å². The summed E-state index contributed by atoms with van der Waals surface area (Å²) >= 11 is 0. The van der Waals surface area contributed by atoms with Gasteiger partial charge in [-0.1, -0.05) is 0 Å². The largest absolute Gasteiger partial charge is 0.320 e. The van der Waals surface area contributed by atoms with Crippen molar-refractivity contribution in [3.8, 4) is 17.6 Å². The second-order valence-electron chi connectivity index (χ2n) is 5.02. The van der Waals surface area contributed by atoms with Gasteiger partial charge >= 0.3 is 0 Å². The van der Waals surface area contributed by atoms with Crippen LogP contribution in [0.25, 0.3) is 22.6 Å². The smallest absolute Gasteiger partial charge is 0.264 e. The number of hydrogen-bond acceptors (Lipinski definition) is 4. The number of aromatic nitrogens is 4. The average molecular weight is 279 g/mol. The van der Waals surface area contributed by atoms with E-state index in [0.29, 0.717) is 17.1 Å². The molecular weight excluding hydrogens is 266 g/mol. The predicted molar refractivity (Wildman–Crippen MR) is 78.7 cm³/mol. The van der Waals surface area contributed by atoms with E-state index >= 15 is 0 Å². The minimum absolute atomic E-state index is 0.173. The molecule has 6 heteroatoms.